The van der Waals surface area contributed by atoms with Crippen LogP contribution in [-0.4, -0.2) is 22.7 Å². The highest BCUT2D eigenvalue weighted by molar-refractivity contribution is 5.09. The zero-order chi connectivity index (χ0) is 10.4. The molecule has 0 aliphatic heterocycles. The number of pyridine rings is 1. The fourth-order valence-electron chi connectivity index (χ4n) is 1.14. The topological polar surface area (TPSA) is 45.1 Å². The highest BCUT2D eigenvalue weighted by Crippen LogP contribution is 2.01. The van der Waals surface area contributed by atoms with E-state index in [0.717, 1.165) is 5.56 Å². The van der Waals surface area contributed by atoms with Gasteiger partial charge >= 0.3 is 0 Å². The van der Waals surface area contributed by atoms with Gasteiger partial charge in [0.1, 0.15) is 5.82 Å². The molecule has 0 aromatic carbocycles. The quantitative estimate of drug-likeness (QED) is 0.744. The van der Waals surface area contributed by atoms with Crippen molar-refractivity contribution in [3.8, 4) is 0 Å². The van der Waals surface area contributed by atoms with Gasteiger partial charge in [0.25, 0.3) is 0 Å². The summed E-state index contributed by atoms with van der Waals surface area (Å²) >= 11 is 0. The highest BCUT2D eigenvalue weighted by atomic mass is 19.1. The molecule has 1 aromatic heterocycles. The van der Waals surface area contributed by atoms with Crippen LogP contribution in [0, 0.1) is 5.82 Å². The lowest BCUT2D eigenvalue weighted by molar-refractivity contribution is 0.268. The van der Waals surface area contributed by atoms with Crippen molar-refractivity contribution < 1.29 is 9.50 Å². The van der Waals surface area contributed by atoms with E-state index in [9.17, 15) is 4.39 Å². The van der Waals surface area contributed by atoms with Crippen LogP contribution in [0.2, 0.25) is 0 Å². The average molecular weight is 198 g/mol. The summed E-state index contributed by atoms with van der Waals surface area (Å²) in [6.45, 7) is 2.71. The number of rotatable bonds is 5. The molecule has 4 heteroatoms. The normalized spacial score (nSPS) is 12.8. The minimum Gasteiger partial charge on any atom is -0.396 e. The van der Waals surface area contributed by atoms with Gasteiger partial charge in [-0.15, -0.1) is 0 Å². The number of halogens is 1. The van der Waals surface area contributed by atoms with Gasteiger partial charge in [-0.05, 0) is 25.0 Å². The lowest BCUT2D eigenvalue weighted by Gasteiger charge is -2.11. The summed E-state index contributed by atoms with van der Waals surface area (Å²) in [7, 11) is 0. The zero-order valence-electron chi connectivity index (χ0n) is 8.20. The Morgan fingerprint density at radius 3 is 3.00 bits per heavy atom. The predicted octanol–water partition coefficient (Wildman–Crippen LogP) is 1.08. The van der Waals surface area contributed by atoms with E-state index in [1.807, 2.05) is 6.92 Å². The maximum atomic E-state index is 12.7. The molecule has 0 saturated heterocycles. The molecule has 0 radical (unpaired) electrons. The molecule has 1 unspecified atom stereocenters. The molecular formula is C10H15FN2O. The maximum absolute atomic E-state index is 12.7. The van der Waals surface area contributed by atoms with E-state index in [-0.39, 0.29) is 18.5 Å². The molecule has 0 saturated carbocycles. The Hall–Kier alpha value is -1.00. The van der Waals surface area contributed by atoms with Crippen LogP contribution < -0.4 is 5.32 Å². The zero-order valence-corrected chi connectivity index (χ0v) is 8.20. The van der Waals surface area contributed by atoms with E-state index in [0.29, 0.717) is 13.0 Å². The second-order valence-electron chi connectivity index (χ2n) is 3.31. The van der Waals surface area contributed by atoms with Gasteiger partial charge in [0.15, 0.2) is 0 Å². The van der Waals surface area contributed by atoms with Gasteiger partial charge in [0, 0.05) is 25.4 Å². The number of hydrogen-bond acceptors (Lipinski definition) is 3. The van der Waals surface area contributed by atoms with Crippen molar-refractivity contribution in [2.75, 3.05) is 6.61 Å². The molecule has 0 spiro atoms. The van der Waals surface area contributed by atoms with Gasteiger partial charge < -0.3 is 10.4 Å². The molecule has 78 valence electrons. The van der Waals surface area contributed by atoms with Gasteiger partial charge in [-0.3, -0.25) is 4.98 Å². The smallest absolute Gasteiger partial charge is 0.141 e. The molecule has 1 aromatic rings. The van der Waals surface area contributed by atoms with Crippen molar-refractivity contribution >= 4 is 0 Å². The van der Waals surface area contributed by atoms with Gasteiger partial charge in [0.05, 0.1) is 6.20 Å². The molecule has 1 heterocycles. The first-order chi connectivity index (χ1) is 6.72. The molecule has 1 atom stereocenters. The van der Waals surface area contributed by atoms with Crippen molar-refractivity contribution in [2.24, 2.45) is 0 Å². The first kappa shape index (κ1) is 11.1. The van der Waals surface area contributed by atoms with Crippen molar-refractivity contribution in [3.63, 3.8) is 0 Å². The van der Waals surface area contributed by atoms with Crippen LogP contribution in [0.25, 0.3) is 0 Å². The molecule has 0 aliphatic rings. The van der Waals surface area contributed by atoms with Gasteiger partial charge in [0.2, 0.25) is 0 Å². The van der Waals surface area contributed by atoms with Crippen LogP contribution in [0.3, 0.4) is 0 Å². The maximum Gasteiger partial charge on any atom is 0.141 e. The number of nitrogens with one attached hydrogen (secondary N) is 1. The van der Waals surface area contributed by atoms with E-state index in [2.05, 4.69) is 10.3 Å². The fraction of sp³-hybridized carbons (Fsp3) is 0.500. The third-order valence-corrected chi connectivity index (χ3v) is 1.98. The number of aliphatic hydroxyl groups excluding tert-OH is 1. The lowest BCUT2D eigenvalue weighted by Crippen LogP contribution is -2.26. The van der Waals surface area contributed by atoms with Gasteiger partial charge in [-0.1, -0.05) is 0 Å². The predicted molar refractivity (Wildman–Crippen MR) is 52.2 cm³/mol. The van der Waals surface area contributed by atoms with Gasteiger partial charge in [-0.25, -0.2) is 4.39 Å². The molecule has 3 nitrogen and oxygen atoms in total. The highest BCUT2D eigenvalue weighted by Gasteiger charge is 2.01. The largest absolute Gasteiger partial charge is 0.396 e. The summed E-state index contributed by atoms with van der Waals surface area (Å²) in [5, 5.41) is 11.8. The Morgan fingerprint density at radius 2 is 2.36 bits per heavy atom. The third-order valence-electron chi connectivity index (χ3n) is 1.98. The van der Waals surface area contributed by atoms with Crippen LogP contribution in [0.15, 0.2) is 18.5 Å². The SMILES string of the molecule is CC(CCO)NCc1cncc(F)c1. The summed E-state index contributed by atoms with van der Waals surface area (Å²) in [6.07, 6.45) is 3.51. The summed E-state index contributed by atoms with van der Waals surface area (Å²) in [5.41, 5.74) is 0.815. The number of hydrogen-bond donors (Lipinski definition) is 2. The Bertz CT molecular complexity index is 281. The Kier molecular flexibility index (Phi) is 4.49. The van der Waals surface area contributed by atoms with E-state index in [4.69, 9.17) is 5.11 Å². The molecule has 2 N–H and O–H groups in total. The second-order valence-corrected chi connectivity index (χ2v) is 3.31. The molecule has 1 rings (SSSR count). The van der Waals surface area contributed by atoms with Crippen LogP contribution in [0.1, 0.15) is 18.9 Å². The number of aliphatic hydroxyl groups is 1. The van der Waals surface area contributed by atoms with Crippen LogP contribution >= 0.6 is 0 Å². The molecule has 0 aliphatic carbocycles. The standard InChI is InChI=1S/C10H15FN2O/c1-8(2-3-14)13-6-9-4-10(11)7-12-5-9/h4-5,7-8,13-14H,2-3,6H2,1H3. The van der Waals surface area contributed by atoms with E-state index >= 15 is 0 Å². The number of nitrogens with zero attached hydrogens (tertiary/aromatic N) is 1. The Labute approximate surface area is 83.0 Å². The first-order valence-electron chi connectivity index (χ1n) is 4.66. The molecule has 0 bridgehead atoms. The van der Waals surface area contributed by atoms with Gasteiger partial charge in [-0.2, -0.15) is 0 Å². The molecule has 0 fully saturated rings. The first-order valence-corrected chi connectivity index (χ1v) is 4.66. The van der Waals surface area contributed by atoms with Crippen LogP contribution in [-0.2, 0) is 6.54 Å². The van der Waals surface area contributed by atoms with Crippen molar-refractivity contribution in [1.82, 2.24) is 10.3 Å². The minimum atomic E-state index is -0.320. The molecule has 14 heavy (non-hydrogen) atoms. The van der Waals surface area contributed by atoms with E-state index in [1.54, 1.807) is 6.20 Å². The van der Waals surface area contributed by atoms with Crippen LogP contribution in [0.4, 0.5) is 4.39 Å². The molecule has 0 amide bonds. The summed E-state index contributed by atoms with van der Waals surface area (Å²) in [5.74, 6) is -0.320. The fourth-order valence-corrected chi connectivity index (χ4v) is 1.14. The second kappa shape index (κ2) is 5.67. The van der Waals surface area contributed by atoms with E-state index < -0.39 is 0 Å². The van der Waals surface area contributed by atoms with Crippen molar-refractivity contribution in [1.29, 1.82) is 0 Å². The minimum absolute atomic E-state index is 0.162. The summed E-state index contributed by atoms with van der Waals surface area (Å²) in [6, 6.07) is 1.68. The summed E-state index contributed by atoms with van der Waals surface area (Å²) < 4.78 is 12.7. The third kappa shape index (κ3) is 3.81. The van der Waals surface area contributed by atoms with Crippen molar-refractivity contribution in [3.05, 3.63) is 29.8 Å². The Balaban J connectivity index is 2.37. The van der Waals surface area contributed by atoms with Crippen molar-refractivity contribution in [2.45, 2.75) is 25.9 Å². The monoisotopic (exact) mass is 198 g/mol. The summed E-state index contributed by atoms with van der Waals surface area (Å²) in [4.78, 5) is 3.74. The lowest BCUT2D eigenvalue weighted by atomic mass is 10.2. The van der Waals surface area contributed by atoms with Crippen LogP contribution in [0.5, 0.6) is 0 Å². The number of aromatic nitrogens is 1. The van der Waals surface area contributed by atoms with E-state index in [1.165, 1.54) is 12.3 Å². The Morgan fingerprint density at radius 1 is 1.57 bits per heavy atom. The molecular weight excluding hydrogens is 183 g/mol. The average Bonchev–Trinajstić information content (AvgIpc) is 2.15.